The molecule has 1 atom stereocenters. The molecule has 1 heterocycles. The van der Waals surface area contributed by atoms with E-state index in [1.807, 2.05) is 11.6 Å². The fraction of sp³-hybridized carbons (Fsp3) is 0.385. The van der Waals surface area contributed by atoms with Crippen LogP contribution in [0.1, 0.15) is 17.5 Å². The average molecular weight is 291 g/mol. The maximum absolute atomic E-state index is 10.6. The van der Waals surface area contributed by atoms with Crippen molar-refractivity contribution in [3.05, 3.63) is 52.1 Å². The van der Waals surface area contributed by atoms with Crippen molar-refractivity contribution in [1.82, 2.24) is 20.1 Å². The first-order chi connectivity index (χ1) is 10.1. The van der Waals surface area contributed by atoms with Gasteiger partial charge in [-0.1, -0.05) is 0 Å². The van der Waals surface area contributed by atoms with Crippen molar-refractivity contribution in [1.29, 1.82) is 0 Å². The van der Waals surface area contributed by atoms with Crippen LogP contribution in [0.5, 0.6) is 0 Å². The van der Waals surface area contributed by atoms with Crippen molar-refractivity contribution >= 4 is 5.69 Å². The summed E-state index contributed by atoms with van der Waals surface area (Å²) in [5.41, 5.74) is 0.660. The largest absolute Gasteiger partial charge is 0.387 e. The first-order valence-corrected chi connectivity index (χ1v) is 6.54. The number of benzene rings is 1. The van der Waals surface area contributed by atoms with E-state index in [0.717, 1.165) is 5.82 Å². The topological polar surface area (TPSA) is 106 Å². The molecule has 2 rings (SSSR count). The summed E-state index contributed by atoms with van der Waals surface area (Å²) in [4.78, 5) is 10.1. The zero-order valence-electron chi connectivity index (χ0n) is 11.6. The molecule has 0 saturated carbocycles. The number of aryl methyl sites for hydroxylation is 1. The van der Waals surface area contributed by atoms with E-state index in [1.165, 1.54) is 12.1 Å². The minimum Gasteiger partial charge on any atom is -0.387 e. The summed E-state index contributed by atoms with van der Waals surface area (Å²) in [7, 11) is 1.88. The number of nitrogens with zero attached hydrogens (tertiary/aromatic N) is 4. The predicted octanol–water partition coefficient (Wildman–Crippen LogP) is 0.589. The van der Waals surface area contributed by atoms with Gasteiger partial charge in [0.25, 0.3) is 5.69 Å². The lowest BCUT2D eigenvalue weighted by Gasteiger charge is -2.11. The fourth-order valence-corrected chi connectivity index (χ4v) is 1.91. The van der Waals surface area contributed by atoms with E-state index in [1.54, 1.807) is 18.5 Å². The highest BCUT2D eigenvalue weighted by Crippen LogP contribution is 2.17. The molecule has 0 aliphatic rings. The maximum Gasteiger partial charge on any atom is 0.269 e. The highest BCUT2D eigenvalue weighted by molar-refractivity contribution is 5.33. The van der Waals surface area contributed by atoms with Gasteiger partial charge in [-0.05, 0) is 17.7 Å². The molecule has 0 fully saturated rings. The van der Waals surface area contributed by atoms with Gasteiger partial charge in [0, 0.05) is 38.7 Å². The second-order valence-corrected chi connectivity index (χ2v) is 4.68. The molecule has 1 aromatic heterocycles. The zero-order valence-corrected chi connectivity index (χ0v) is 11.6. The van der Waals surface area contributed by atoms with Gasteiger partial charge in [0.2, 0.25) is 0 Å². The molecule has 0 aliphatic heterocycles. The predicted molar refractivity (Wildman–Crippen MR) is 75.6 cm³/mol. The molecule has 2 N–H and O–H groups in total. The molecule has 1 unspecified atom stereocenters. The second kappa shape index (κ2) is 6.91. The van der Waals surface area contributed by atoms with E-state index in [4.69, 9.17) is 0 Å². The van der Waals surface area contributed by atoms with E-state index >= 15 is 0 Å². The van der Waals surface area contributed by atoms with Crippen LogP contribution in [0.2, 0.25) is 0 Å². The number of non-ortho nitro benzene ring substituents is 1. The summed E-state index contributed by atoms with van der Waals surface area (Å²) in [6.45, 7) is 1.03. The number of nitrogens with one attached hydrogen (secondary N) is 1. The molecule has 8 nitrogen and oxygen atoms in total. The van der Waals surface area contributed by atoms with E-state index in [-0.39, 0.29) is 5.69 Å². The van der Waals surface area contributed by atoms with Gasteiger partial charge in [-0.15, -0.1) is 10.2 Å². The lowest BCUT2D eigenvalue weighted by Crippen LogP contribution is -2.24. The highest BCUT2D eigenvalue weighted by atomic mass is 16.6. The first-order valence-electron chi connectivity index (χ1n) is 6.54. The summed E-state index contributed by atoms with van der Waals surface area (Å²) >= 11 is 0. The Morgan fingerprint density at radius 1 is 1.43 bits per heavy atom. The second-order valence-electron chi connectivity index (χ2n) is 4.68. The Kier molecular flexibility index (Phi) is 4.96. The number of rotatable bonds is 7. The van der Waals surface area contributed by atoms with Gasteiger partial charge in [0.05, 0.1) is 11.0 Å². The Morgan fingerprint density at radius 3 is 2.71 bits per heavy atom. The average Bonchev–Trinajstić information content (AvgIpc) is 2.89. The highest BCUT2D eigenvalue weighted by Gasteiger charge is 2.10. The molecule has 0 saturated heterocycles. The first kappa shape index (κ1) is 15.1. The van der Waals surface area contributed by atoms with Crippen LogP contribution in [0.3, 0.4) is 0 Å². The molecule has 1 aromatic carbocycles. The van der Waals surface area contributed by atoms with Gasteiger partial charge in [-0.2, -0.15) is 0 Å². The van der Waals surface area contributed by atoms with Crippen molar-refractivity contribution in [3.8, 4) is 0 Å². The molecular weight excluding hydrogens is 274 g/mol. The van der Waals surface area contributed by atoms with Crippen LogP contribution in [0.4, 0.5) is 5.69 Å². The summed E-state index contributed by atoms with van der Waals surface area (Å²) < 4.78 is 1.84. The van der Waals surface area contributed by atoms with Gasteiger partial charge in [-0.3, -0.25) is 10.1 Å². The van der Waals surface area contributed by atoms with Crippen LogP contribution in [0.15, 0.2) is 30.6 Å². The minimum atomic E-state index is -0.703. The van der Waals surface area contributed by atoms with Gasteiger partial charge in [0.15, 0.2) is 0 Å². The van der Waals surface area contributed by atoms with Crippen molar-refractivity contribution < 1.29 is 10.0 Å². The molecule has 112 valence electrons. The number of aliphatic hydroxyl groups is 1. The number of hydrogen-bond donors (Lipinski definition) is 2. The molecular formula is C13H17N5O3. The van der Waals surface area contributed by atoms with E-state index in [2.05, 4.69) is 15.5 Å². The third-order valence-corrected chi connectivity index (χ3v) is 3.16. The summed E-state index contributed by atoms with van der Waals surface area (Å²) in [5.74, 6) is 0.868. The third kappa shape index (κ3) is 4.07. The summed E-state index contributed by atoms with van der Waals surface area (Å²) in [6, 6.07) is 5.90. The Bertz CT molecular complexity index is 596. The minimum absolute atomic E-state index is 0.0150. The van der Waals surface area contributed by atoms with Crippen molar-refractivity contribution in [2.24, 2.45) is 7.05 Å². The Hall–Kier alpha value is -2.32. The Balaban J connectivity index is 1.77. The lowest BCUT2D eigenvalue weighted by molar-refractivity contribution is -0.384. The molecule has 0 aliphatic carbocycles. The lowest BCUT2D eigenvalue weighted by atomic mass is 10.1. The standard InChI is InChI=1S/C13H17N5O3/c1-17-9-15-16-13(17)6-7-14-8-12(19)10-2-4-11(5-3-10)18(20)21/h2-5,9,12,14,19H,6-8H2,1H3. The summed E-state index contributed by atoms with van der Waals surface area (Å²) in [6.07, 6.45) is 1.65. The number of hydrogen-bond acceptors (Lipinski definition) is 6. The van der Waals surface area contributed by atoms with E-state index in [0.29, 0.717) is 25.1 Å². The van der Waals surface area contributed by atoms with Crippen molar-refractivity contribution in [3.63, 3.8) is 0 Å². The normalized spacial score (nSPS) is 12.3. The van der Waals surface area contributed by atoms with Crippen LogP contribution in [0.25, 0.3) is 0 Å². The van der Waals surface area contributed by atoms with Gasteiger partial charge < -0.3 is 15.0 Å². The van der Waals surface area contributed by atoms with Crippen LogP contribution < -0.4 is 5.32 Å². The Labute approximate surface area is 121 Å². The number of aliphatic hydroxyl groups excluding tert-OH is 1. The van der Waals surface area contributed by atoms with Gasteiger partial charge in [0.1, 0.15) is 12.2 Å². The molecule has 0 amide bonds. The molecule has 0 radical (unpaired) electrons. The molecule has 2 aromatic rings. The van der Waals surface area contributed by atoms with E-state index < -0.39 is 11.0 Å². The number of aromatic nitrogens is 3. The molecule has 8 heteroatoms. The Morgan fingerprint density at radius 2 is 2.14 bits per heavy atom. The molecule has 0 spiro atoms. The quantitative estimate of drug-likeness (QED) is 0.439. The third-order valence-electron chi connectivity index (χ3n) is 3.16. The van der Waals surface area contributed by atoms with Crippen LogP contribution in [0, 0.1) is 10.1 Å². The van der Waals surface area contributed by atoms with E-state index in [9.17, 15) is 15.2 Å². The molecule has 21 heavy (non-hydrogen) atoms. The summed E-state index contributed by atoms with van der Waals surface area (Å²) in [5, 5.41) is 31.4. The van der Waals surface area contributed by atoms with Crippen molar-refractivity contribution in [2.75, 3.05) is 13.1 Å². The van der Waals surface area contributed by atoms with Gasteiger partial charge >= 0.3 is 0 Å². The maximum atomic E-state index is 10.6. The number of nitro groups is 1. The fourth-order valence-electron chi connectivity index (χ4n) is 1.91. The van der Waals surface area contributed by atoms with Crippen LogP contribution >= 0.6 is 0 Å². The van der Waals surface area contributed by atoms with Crippen molar-refractivity contribution in [2.45, 2.75) is 12.5 Å². The smallest absolute Gasteiger partial charge is 0.269 e. The zero-order chi connectivity index (χ0) is 15.2. The SMILES string of the molecule is Cn1cnnc1CCNCC(O)c1ccc([N+](=O)[O-])cc1. The monoisotopic (exact) mass is 291 g/mol. The van der Waals surface area contributed by atoms with Crippen LogP contribution in [-0.2, 0) is 13.5 Å². The number of nitro benzene ring substituents is 1. The molecule has 0 bridgehead atoms. The van der Waals surface area contributed by atoms with Gasteiger partial charge in [-0.25, -0.2) is 0 Å². The van der Waals surface area contributed by atoms with Crippen LogP contribution in [-0.4, -0.2) is 37.9 Å².